The van der Waals surface area contributed by atoms with Gasteiger partial charge in [-0.15, -0.1) is 6.42 Å². The Hall–Kier alpha value is -0.480. The predicted octanol–water partition coefficient (Wildman–Crippen LogP) is 2.05. The average molecular weight is 178 g/mol. The summed E-state index contributed by atoms with van der Waals surface area (Å²) in [7, 11) is 0. The Kier molecular flexibility index (Phi) is 1.61. The first kappa shape index (κ1) is 9.09. The van der Waals surface area contributed by atoms with Gasteiger partial charge in [-0.25, -0.2) is 0 Å². The highest BCUT2D eigenvalue weighted by Gasteiger charge is 2.60. The van der Waals surface area contributed by atoms with Gasteiger partial charge in [-0.2, -0.15) is 0 Å². The third kappa shape index (κ3) is 0.929. The van der Waals surface area contributed by atoms with Crippen LogP contribution >= 0.6 is 0 Å². The zero-order chi connectivity index (χ0) is 9.85. The average Bonchev–Trinajstić information content (AvgIpc) is 2.51. The summed E-state index contributed by atoms with van der Waals surface area (Å²) in [5.74, 6) is 4.09. The number of rotatable bonds is 0. The highest BCUT2D eigenvalue weighted by atomic mass is 16.3. The molecular weight excluding hydrogens is 160 g/mol. The van der Waals surface area contributed by atoms with E-state index in [-0.39, 0.29) is 0 Å². The number of aliphatic hydroxyl groups is 1. The Morgan fingerprint density at radius 2 is 2.08 bits per heavy atom. The molecule has 1 N–H and O–H groups in total. The lowest BCUT2D eigenvalue weighted by molar-refractivity contribution is -0.0249. The van der Waals surface area contributed by atoms with Crippen LogP contribution in [0.25, 0.3) is 0 Å². The molecule has 0 spiro atoms. The molecule has 0 heterocycles. The second-order valence-electron chi connectivity index (χ2n) is 5.42. The molecule has 4 atom stereocenters. The smallest absolute Gasteiger partial charge is 0.128 e. The highest BCUT2D eigenvalue weighted by molar-refractivity contribution is 5.21. The van der Waals surface area contributed by atoms with Crippen molar-refractivity contribution in [1.82, 2.24) is 0 Å². The summed E-state index contributed by atoms with van der Waals surface area (Å²) in [5.41, 5.74) is -0.423. The van der Waals surface area contributed by atoms with Gasteiger partial charge in [0.1, 0.15) is 5.60 Å². The van der Waals surface area contributed by atoms with Gasteiger partial charge >= 0.3 is 0 Å². The van der Waals surface area contributed by atoms with Crippen molar-refractivity contribution in [3.8, 4) is 12.3 Å². The number of terminal acetylenes is 1. The molecule has 0 aromatic carbocycles. The molecule has 0 unspecified atom stereocenters. The zero-order valence-electron chi connectivity index (χ0n) is 8.67. The minimum Gasteiger partial charge on any atom is -0.377 e. The van der Waals surface area contributed by atoms with E-state index >= 15 is 0 Å². The van der Waals surface area contributed by atoms with Crippen molar-refractivity contribution >= 4 is 0 Å². The van der Waals surface area contributed by atoms with E-state index in [0.717, 1.165) is 12.8 Å². The molecule has 0 aliphatic heterocycles. The third-order valence-corrected chi connectivity index (χ3v) is 4.79. The Morgan fingerprint density at radius 3 is 2.46 bits per heavy atom. The molecule has 0 amide bonds. The number of fused-ring (bicyclic) bond motifs is 2. The van der Waals surface area contributed by atoms with Crippen molar-refractivity contribution in [3.63, 3.8) is 0 Å². The summed E-state index contributed by atoms with van der Waals surface area (Å²) >= 11 is 0. The van der Waals surface area contributed by atoms with Crippen LogP contribution in [0.4, 0.5) is 0 Å². The summed E-state index contributed by atoms with van der Waals surface area (Å²) in [4.78, 5) is 0. The lowest BCUT2D eigenvalue weighted by Gasteiger charge is -2.42. The highest BCUT2D eigenvalue weighted by Crippen LogP contribution is 2.62. The summed E-state index contributed by atoms with van der Waals surface area (Å²) in [6, 6.07) is 0. The fraction of sp³-hybridized carbons (Fsp3) is 0.833. The maximum absolute atomic E-state index is 10.2. The summed E-state index contributed by atoms with van der Waals surface area (Å²) in [5, 5.41) is 10.2. The van der Waals surface area contributed by atoms with Gasteiger partial charge in [0.05, 0.1) is 0 Å². The maximum atomic E-state index is 10.2. The standard InChI is InChI=1S/C12H18O/c1-5-12(13)7-9-6-10(12)8(2)11(9,3)4/h1,8-10,13H,6-7H2,2-4H3/t8-,9-,10+,12-/m1/s1. The van der Waals surface area contributed by atoms with E-state index < -0.39 is 5.60 Å². The van der Waals surface area contributed by atoms with Gasteiger partial charge < -0.3 is 5.11 Å². The van der Waals surface area contributed by atoms with Gasteiger partial charge in [0.15, 0.2) is 0 Å². The van der Waals surface area contributed by atoms with Gasteiger partial charge in [-0.1, -0.05) is 26.7 Å². The van der Waals surface area contributed by atoms with E-state index in [4.69, 9.17) is 6.42 Å². The van der Waals surface area contributed by atoms with E-state index in [0.29, 0.717) is 23.2 Å². The molecule has 2 saturated carbocycles. The van der Waals surface area contributed by atoms with Crippen molar-refractivity contribution in [2.45, 2.75) is 39.2 Å². The Labute approximate surface area is 80.5 Å². The van der Waals surface area contributed by atoms with E-state index in [9.17, 15) is 5.11 Å². The molecule has 0 saturated heterocycles. The van der Waals surface area contributed by atoms with E-state index in [1.54, 1.807) is 0 Å². The van der Waals surface area contributed by atoms with Gasteiger partial charge in [0, 0.05) is 5.92 Å². The van der Waals surface area contributed by atoms with Crippen LogP contribution in [0.15, 0.2) is 0 Å². The van der Waals surface area contributed by atoms with Gasteiger partial charge in [-0.3, -0.25) is 0 Å². The van der Waals surface area contributed by atoms with Crippen LogP contribution < -0.4 is 0 Å². The Morgan fingerprint density at radius 1 is 1.46 bits per heavy atom. The normalized spacial score (nSPS) is 52.1. The Bertz CT molecular complexity index is 269. The first-order valence-corrected chi connectivity index (χ1v) is 5.12. The molecule has 0 radical (unpaired) electrons. The monoisotopic (exact) mass is 178 g/mol. The third-order valence-electron chi connectivity index (χ3n) is 4.79. The van der Waals surface area contributed by atoms with Crippen LogP contribution in [-0.4, -0.2) is 10.7 Å². The second kappa shape index (κ2) is 2.30. The van der Waals surface area contributed by atoms with Crippen molar-refractivity contribution in [2.75, 3.05) is 0 Å². The molecule has 0 aromatic rings. The van der Waals surface area contributed by atoms with Gasteiger partial charge in [0.25, 0.3) is 0 Å². The van der Waals surface area contributed by atoms with Gasteiger partial charge in [-0.05, 0) is 30.1 Å². The molecule has 13 heavy (non-hydrogen) atoms. The van der Waals surface area contributed by atoms with Crippen LogP contribution in [-0.2, 0) is 0 Å². The molecule has 1 heteroatoms. The minimum atomic E-state index is -0.792. The van der Waals surface area contributed by atoms with Crippen molar-refractivity contribution in [3.05, 3.63) is 0 Å². The summed E-state index contributed by atoms with van der Waals surface area (Å²) in [6.07, 6.45) is 7.34. The van der Waals surface area contributed by atoms with Crippen molar-refractivity contribution in [1.29, 1.82) is 0 Å². The van der Waals surface area contributed by atoms with Crippen molar-refractivity contribution in [2.24, 2.45) is 23.2 Å². The predicted molar refractivity (Wildman–Crippen MR) is 52.9 cm³/mol. The summed E-state index contributed by atoms with van der Waals surface area (Å²) < 4.78 is 0. The van der Waals surface area contributed by atoms with Crippen LogP contribution in [0.3, 0.4) is 0 Å². The lowest BCUT2D eigenvalue weighted by atomic mass is 9.65. The summed E-state index contributed by atoms with van der Waals surface area (Å²) in [6.45, 7) is 6.84. The molecule has 0 aromatic heterocycles. The lowest BCUT2D eigenvalue weighted by Crippen LogP contribution is -2.43. The number of hydrogen-bond acceptors (Lipinski definition) is 1. The largest absolute Gasteiger partial charge is 0.377 e. The van der Waals surface area contributed by atoms with Crippen LogP contribution in [0.1, 0.15) is 33.6 Å². The fourth-order valence-electron chi connectivity index (χ4n) is 3.35. The van der Waals surface area contributed by atoms with Crippen LogP contribution in [0.5, 0.6) is 0 Å². The second-order valence-corrected chi connectivity index (χ2v) is 5.42. The van der Waals surface area contributed by atoms with E-state index in [1.807, 2.05) is 0 Å². The quantitative estimate of drug-likeness (QED) is 0.563. The topological polar surface area (TPSA) is 20.2 Å². The van der Waals surface area contributed by atoms with E-state index in [1.165, 1.54) is 0 Å². The molecule has 1 nitrogen and oxygen atoms in total. The molecule has 2 fully saturated rings. The molecule has 2 rings (SSSR count). The minimum absolute atomic E-state index is 0.331. The van der Waals surface area contributed by atoms with Crippen molar-refractivity contribution < 1.29 is 5.11 Å². The molecule has 2 bridgehead atoms. The Balaban J connectivity index is 2.33. The van der Waals surface area contributed by atoms with E-state index in [2.05, 4.69) is 26.7 Å². The van der Waals surface area contributed by atoms with Crippen LogP contribution in [0, 0.1) is 35.5 Å². The van der Waals surface area contributed by atoms with Crippen LogP contribution in [0.2, 0.25) is 0 Å². The SMILES string of the molecule is C#C[C@@]1(O)C[C@H]2C[C@H]1[C@@H](C)C2(C)C. The molecular formula is C12H18O. The number of hydrogen-bond donors (Lipinski definition) is 1. The molecule has 2 aliphatic rings. The molecule has 72 valence electrons. The first-order chi connectivity index (χ1) is 5.92. The fourth-order valence-corrected chi connectivity index (χ4v) is 3.35. The zero-order valence-corrected chi connectivity index (χ0v) is 8.67. The molecule has 2 aliphatic carbocycles. The van der Waals surface area contributed by atoms with Gasteiger partial charge in [0.2, 0.25) is 0 Å². The first-order valence-electron chi connectivity index (χ1n) is 5.12. The maximum Gasteiger partial charge on any atom is 0.128 e.